The molecular weight excluding hydrogens is 469 g/mol. The maximum atomic E-state index is 14.8. The van der Waals surface area contributed by atoms with Crippen molar-refractivity contribution in [1.82, 2.24) is 14.9 Å². The lowest BCUT2D eigenvalue weighted by Crippen LogP contribution is -2.39. The van der Waals surface area contributed by atoms with Crippen LogP contribution in [0.3, 0.4) is 0 Å². The first kappa shape index (κ1) is 22.3. The smallest absolute Gasteiger partial charge is 0.261 e. The van der Waals surface area contributed by atoms with Crippen LogP contribution in [0, 0.1) is 11.6 Å². The van der Waals surface area contributed by atoms with Gasteiger partial charge in [0, 0.05) is 23.8 Å². The maximum absolute atomic E-state index is 14.8. The van der Waals surface area contributed by atoms with E-state index in [1.807, 2.05) is 0 Å². The Kier molecular flexibility index (Phi) is 5.89. The number of hydrogen-bond donors (Lipinski definition) is 2. The number of rotatable bonds is 4. The van der Waals surface area contributed by atoms with E-state index in [9.17, 15) is 13.6 Å². The highest BCUT2D eigenvalue weighted by Gasteiger charge is 2.40. The lowest BCUT2D eigenvalue weighted by molar-refractivity contribution is 0.495. The molecule has 3 aromatic rings. The molecule has 2 N–H and O–H groups in total. The largest absolute Gasteiger partial charge is 0.374 e. The Morgan fingerprint density at radius 3 is 2.65 bits per heavy atom. The zero-order chi connectivity index (χ0) is 21.0. The summed E-state index contributed by atoms with van der Waals surface area (Å²) in [5.74, 6) is -1.12. The zero-order valence-electron chi connectivity index (χ0n) is 16.2. The summed E-state index contributed by atoms with van der Waals surface area (Å²) in [5.41, 5.74) is -0.622. The number of hydrogen-bond acceptors (Lipinski definition) is 4. The Morgan fingerprint density at radius 1 is 1.19 bits per heavy atom. The molecule has 1 aromatic heterocycles. The third-order valence-electron chi connectivity index (χ3n) is 5.84. The molecule has 164 valence electrons. The summed E-state index contributed by atoms with van der Waals surface area (Å²) in [5, 5.41) is 6.98. The predicted molar refractivity (Wildman–Crippen MR) is 121 cm³/mol. The fourth-order valence-electron chi connectivity index (χ4n) is 4.21. The Morgan fingerprint density at radius 2 is 1.97 bits per heavy atom. The minimum atomic E-state index is -0.941. The number of fused-ring (bicyclic) bond motifs is 1. The van der Waals surface area contributed by atoms with Crippen molar-refractivity contribution in [2.45, 2.75) is 30.8 Å². The highest BCUT2D eigenvalue weighted by molar-refractivity contribution is 6.42. The van der Waals surface area contributed by atoms with Crippen LogP contribution >= 0.6 is 35.6 Å². The van der Waals surface area contributed by atoms with Gasteiger partial charge in [0.25, 0.3) is 5.56 Å². The molecule has 5 nitrogen and oxygen atoms in total. The van der Waals surface area contributed by atoms with Crippen molar-refractivity contribution in [2.75, 3.05) is 18.4 Å². The molecule has 0 bridgehead atoms. The minimum absolute atomic E-state index is 0. The topological polar surface area (TPSA) is 59.0 Å². The molecule has 1 aliphatic heterocycles. The fourth-order valence-corrected chi connectivity index (χ4v) is 4.70. The van der Waals surface area contributed by atoms with E-state index in [-0.39, 0.29) is 50.5 Å². The molecule has 1 atom stereocenters. The van der Waals surface area contributed by atoms with E-state index in [2.05, 4.69) is 15.6 Å². The number of nitrogens with zero attached hydrogens (tertiary/aromatic N) is 2. The molecule has 0 amide bonds. The second kappa shape index (κ2) is 8.20. The highest BCUT2D eigenvalue weighted by Crippen LogP contribution is 2.41. The van der Waals surface area contributed by atoms with Gasteiger partial charge in [-0.05, 0) is 50.1 Å². The predicted octanol–water partition coefficient (Wildman–Crippen LogP) is 5.04. The highest BCUT2D eigenvalue weighted by atomic mass is 35.5. The summed E-state index contributed by atoms with van der Waals surface area (Å²) >= 11 is 12.5. The van der Waals surface area contributed by atoms with Gasteiger partial charge in [-0.3, -0.25) is 9.36 Å². The van der Waals surface area contributed by atoms with E-state index in [4.69, 9.17) is 23.2 Å². The van der Waals surface area contributed by atoms with Crippen LogP contribution in [0.4, 0.5) is 14.5 Å². The van der Waals surface area contributed by atoms with Gasteiger partial charge in [-0.2, -0.15) is 0 Å². The van der Waals surface area contributed by atoms with E-state index in [1.165, 1.54) is 24.5 Å². The fraction of sp³-hybridized carbons (Fsp3) is 0.333. The van der Waals surface area contributed by atoms with Crippen molar-refractivity contribution in [1.29, 1.82) is 0 Å². The van der Waals surface area contributed by atoms with Crippen LogP contribution in [0.25, 0.3) is 10.9 Å². The van der Waals surface area contributed by atoms with Crippen LogP contribution in [-0.4, -0.2) is 22.6 Å². The van der Waals surface area contributed by atoms with Crippen LogP contribution < -0.4 is 16.2 Å². The molecule has 1 saturated heterocycles. The first-order valence-corrected chi connectivity index (χ1v) is 10.5. The van der Waals surface area contributed by atoms with E-state index < -0.39 is 17.2 Å². The molecule has 1 unspecified atom stereocenters. The summed E-state index contributed by atoms with van der Waals surface area (Å²) in [6.07, 6.45) is 3.73. The second-order valence-electron chi connectivity index (χ2n) is 7.89. The van der Waals surface area contributed by atoms with E-state index in [0.29, 0.717) is 25.2 Å². The molecule has 5 rings (SSSR count). The Labute approximate surface area is 193 Å². The Hall–Kier alpha value is -1.93. The molecule has 1 aliphatic carbocycles. The summed E-state index contributed by atoms with van der Waals surface area (Å²) in [6.45, 7) is 0.977. The lowest BCUT2D eigenvalue weighted by atomic mass is 9.87. The van der Waals surface area contributed by atoms with Gasteiger partial charge in [0.2, 0.25) is 0 Å². The van der Waals surface area contributed by atoms with E-state index in [1.54, 1.807) is 10.6 Å². The number of aromatic nitrogens is 2. The average Bonchev–Trinajstić information content (AvgIpc) is 3.45. The zero-order valence-corrected chi connectivity index (χ0v) is 18.6. The van der Waals surface area contributed by atoms with Gasteiger partial charge >= 0.3 is 0 Å². The van der Waals surface area contributed by atoms with Gasteiger partial charge in [0.05, 0.1) is 27.3 Å². The number of nitrogens with one attached hydrogen (secondary N) is 2. The summed E-state index contributed by atoms with van der Waals surface area (Å²) in [6, 6.07) is 5.64. The molecule has 31 heavy (non-hydrogen) atoms. The summed E-state index contributed by atoms with van der Waals surface area (Å²) in [4.78, 5) is 17.0. The molecule has 2 heterocycles. The summed E-state index contributed by atoms with van der Waals surface area (Å²) < 4.78 is 31.2. The van der Waals surface area contributed by atoms with Gasteiger partial charge in [0.15, 0.2) is 5.82 Å². The third-order valence-corrected chi connectivity index (χ3v) is 6.65. The molecule has 0 radical (unpaired) electrons. The van der Waals surface area contributed by atoms with Crippen LogP contribution in [0.2, 0.25) is 10.0 Å². The molecule has 1 saturated carbocycles. The molecule has 10 heteroatoms. The van der Waals surface area contributed by atoms with Crippen molar-refractivity contribution >= 4 is 52.2 Å². The van der Waals surface area contributed by atoms with Crippen molar-refractivity contribution in [3.63, 3.8) is 0 Å². The van der Waals surface area contributed by atoms with Gasteiger partial charge in [0.1, 0.15) is 11.3 Å². The van der Waals surface area contributed by atoms with Gasteiger partial charge < -0.3 is 10.6 Å². The average molecular weight is 488 g/mol. The van der Waals surface area contributed by atoms with E-state index >= 15 is 0 Å². The monoisotopic (exact) mass is 486 g/mol. The van der Waals surface area contributed by atoms with Crippen molar-refractivity contribution < 1.29 is 8.78 Å². The number of anilines is 1. The Bertz CT molecular complexity index is 1220. The van der Waals surface area contributed by atoms with Crippen LogP contribution in [0.5, 0.6) is 0 Å². The van der Waals surface area contributed by atoms with Crippen molar-refractivity contribution in [3.8, 4) is 0 Å². The van der Waals surface area contributed by atoms with E-state index in [0.717, 1.165) is 12.8 Å². The molecular formula is C21H19Cl3F2N4O. The molecule has 2 aliphatic rings. The maximum Gasteiger partial charge on any atom is 0.261 e. The molecule has 2 aromatic carbocycles. The van der Waals surface area contributed by atoms with Crippen LogP contribution in [0.1, 0.15) is 30.9 Å². The molecule has 2 fully saturated rings. The third kappa shape index (κ3) is 3.78. The quantitative estimate of drug-likeness (QED) is 0.506. The second-order valence-corrected chi connectivity index (χ2v) is 8.68. The van der Waals surface area contributed by atoms with Crippen LogP contribution in [0.15, 0.2) is 35.4 Å². The van der Waals surface area contributed by atoms with Gasteiger partial charge in [-0.25, -0.2) is 13.8 Å². The summed E-state index contributed by atoms with van der Waals surface area (Å²) in [7, 11) is 0. The first-order valence-electron chi connectivity index (χ1n) is 9.73. The molecule has 0 spiro atoms. The van der Waals surface area contributed by atoms with Gasteiger partial charge in [-0.1, -0.05) is 23.2 Å². The van der Waals surface area contributed by atoms with Gasteiger partial charge in [-0.15, -0.1) is 12.4 Å². The first-order chi connectivity index (χ1) is 14.4. The van der Waals surface area contributed by atoms with Crippen molar-refractivity contribution in [2.24, 2.45) is 0 Å². The Balaban J connectivity index is 0.00000231. The standard InChI is InChI=1S/C21H18Cl2F2N4O.ClH/c22-14-3-4-15(24)17(18(14)23)21(5-6-26-9-21)28-11-7-13-19(16(25)8-11)27-10-29(20(13)30)12-1-2-12;/h3-4,7-8,10,12,26,28H,1-2,5-6,9H2;1H. The van der Waals surface area contributed by atoms with Crippen LogP contribution in [-0.2, 0) is 5.54 Å². The number of benzene rings is 2. The normalized spacial score (nSPS) is 20.6. The number of halogens is 5. The lowest BCUT2D eigenvalue weighted by Gasteiger charge is -2.33. The SMILES string of the molecule is Cl.O=c1c2cc(NC3(c4c(F)ccc(Cl)c4Cl)CCNC3)cc(F)c2ncn1C1CC1. The minimum Gasteiger partial charge on any atom is -0.374 e. The van der Waals surface area contributed by atoms with Crippen molar-refractivity contribution in [3.05, 3.63) is 68.2 Å².